The number of methoxy groups -OCH3 is 2. The van der Waals surface area contributed by atoms with Crippen LogP contribution in [0.1, 0.15) is 40.0 Å². The number of carbonyl (C=O) groups excluding carboxylic acids is 1. The topological polar surface area (TPSA) is 91.1 Å². The van der Waals surface area contributed by atoms with Crippen LogP contribution in [0.2, 0.25) is 5.02 Å². The Kier molecular flexibility index (Phi) is 7.64. The van der Waals surface area contributed by atoms with Crippen LogP contribution in [0.4, 0.5) is 5.69 Å². The van der Waals surface area contributed by atoms with E-state index in [-0.39, 0.29) is 22.9 Å². The molecule has 36 heavy (non-hydrogen) atoms. The van der Waals surface area contributed by atoms with Crippen molar-refractivity contribution in [3.8, 4) is 17.2 Å². The third-order valence-electron chi connectivity index (χ3n) is 6.39. The summed E-state index contributed by atoms with van der Waals surface area (Å²) in [5.41, 5.74) is 2.94. The normalized spacial score (nSPS) is 14.7. The van der Waals surface area contributed by atoms with Gasteiger partial charge in [-0.2, -0.15) is 0 Å². The van der Waals surface area contributed by atoms with Gasteiger partial charge in [-0.3, -0.25) is 14.9 Å². The molecule has 3 aromatic carbocycles. The zero-order valence-electron chi connectivity index (χ0n) is 20.3. The number of hydrogen-bond donors (Lipinski definition) is 0. The molecular weight excluding hydrogens is 484 g/mol. The van der Waals surface area contributed by atoms with Crippen molar-refractivity contribution in [3.05, 3.63) is 92.0 Å². The summed E-state index contributed by atoms with van der Waals surface area (Å²) < 4.78 is 17.1. The Labute approximate surface area is 214 Å². The molecule has 0 spiro atoms. The van der Waals surface area contributed by atoms with Gasteiger partial charge >= 0.3 is 0 Å². The molecule has 0 saturated carbocycles. The summed E-state index contributed by atoms with van der Waals surface area (Å²) >= 11 is 6.31. The van der Waals surface area contributed by atoms with Crippen molar-refractivity contribution in [2.75, 3.05) is 27.4 Å². The van der Waals surface area contributed by atoms with Gasteiger partial charge in [0.25, 0.3) is 11.6 Å². The third-order valence-corrected chi connectivity index (χ3v) is 6.72. The largest absolute Gasteiger partial charge is 0.493 e. The lowest BCUT2D eigenvalue weighted by atomic mass is 9.91. The van der Waals surface area contributed by atoms with E-state index in [0.29, 0.717) is 30.2 Å². The van der Waals surface area contributed by atoms with E-state index in [1.165, 1.54) is 23.8 Å². The fourth-order valence-electron chi connectivity index (χ4n) is 4.39. The molecule has 1 aliphatic rings. The van der Waals surface area contributed by atoms with Crippen LogP contribution < -0.4 is 14.2 Å². The molecule has 4 rings (SSSR count). The van der Waals surface area contributed by atoms with E-state index in [0.717, 1.165) is 17.5 Å². The lowest BCUT2D eigenvalue weighted by Crippen LogP contribution is -2.42. The number of amides is 1. The number of carbonyl (C=O) groups is 1. The van der Waals surface area contributed by atoms with E-state index >= 15 is 0 Å². The van der Waals surface area contributed by atoms with Gasteiger partial charge in [0.1, 0.15) is 12.4 Å². The van der Waals surface area contributed by atoms with E-state index in [1.807, 2.05) is 36.4 Å². The molecule has 0 N–H and O–H groups in total. The molecule has 0 fully saturated rings. The molecule has 1 aliphatic heterocycles. The first kappa shape index (κ1) is 25.3. The van der Waals surface area contributed by atoms with Crippen LogP contribution in [0.3, 0.4) is 0 Å². The van der Waals surface area contributed by atoms with E-state index in [9.17, 15) is 14.9 Å². The maximum absolute atomic E-state index is 13.7. The monoisotopic (exact) mass is 510 g/mol. The summed E-state index contributed by atoms with van der Waals surface area (Å²) in [6, 6.07) is 15.0. The minimum Gasteiger partial charge on any atom is -0.493 e. The van der Waals surface area contributed by atoms with Gasteiger partial charge in [0.2, 0.25) is 0 Å². The van der Waals surface area contributed by atoms with Crippen LogP contribution in [-0.2, 0) is 12.8 Å². The van der Waals surface area contributed by atoms with Crippen molar-refractivity contribution in [1.29, 1.82) is 0 Å². The number of benzene rings is 3. The highest BCUT2D eigenvalue weighted by Crippen LogP contribution is 2.39. The Morgan fingerprint density at radius 3 is 2.42 bits per heavy atom. The zero-order valence-corrected chi connectivity index (χ0v) is 21.1. The van der Waals surface area contributed by atoms with Gasteiger partial charge < -0.3 is 19.1 Å². The molecule has 0 saturated heterocycles. The second-order valence-electron chi connectivity index (χ2n) is 8.40. The number of nitro groups is 1. The molecule has 1 heterocycles. The molecule has 0 radical (unpaired) electrons. The molecule has 1 atom stereocenters. The second-order valence-corrected chi connectivity index (χ2v) is 8.81. The van der Waals surface area contributed by atoms with E-state index in [2.05, 4.69) is 6.92 Å². The molecule has 0 aliphatic carbocycles. The summed E-state index contributed by atoms with van der Waals surface area (Å²) in [6.07, 6.45) is 1.49. The maximum atomic E-state index is 13.7. The van der Waals surface area contributed by atoms with Gasteiger partial charge in [0, 0.05) is 18.7 Å². The highest BCUT2D eigenvalue weighted by atomic mass is 35.5. The first-order valence-corrected chi connectivity index (χ1v) is 12.0. The number of nitrogens with zero attached hydrogens (tertiary/aromatic N) is 2. The fourth-order valence-corrected chi connectivity index (χ4v) is 4.59. The van der Waals surface area contributed by atoms with Crippen molar-refractivity contribution < 1.29 is 23.9 Å². The third kappa shape index (κ3) is 5.09. The summed E-state index contributed by atoms with van der Waals surface area (Å²) in [5, 5.41) is 11.5. The average Bonchev–Trinajstić information content (AvgIpc) is 2.90. The molecule has 8 nitrogen and oxygen atoms in total. The number of non-ortho nitro benzene ring substituents is 1. The Balaban J connectivity index is 1.72. The van der Waals surface area contributed by atoms with Crippen molar-refractivity contribution in [2.45, 2.75) is 25.8 Å². The smallest absolute Gasteiger partial charge is 0.270 e. The Morgan fingerprint density at radius 2 is 1.78 bits per heavy atom. The number of halogens is 1. The summed E-state index contributed by atoms with van der Waals surface area (Å²) in [6.45, 7) is 2.63. The Hall–Kier alpha value is -3.78. The van der Waals surface area contributed by atoms with Crippen molar-refractivity contribution in [2.24, 2.45) is 0 Å². The van der Waals surface area contributed by atoms with Crippen LogP contribution in [-0.4, -0.2) is 43.1 Å². The van der Waals surface area contributed by atoms with Gasteiger partial charge in [-0.25, -0.2) is 0 Å². The molecule has 1 unspecified atom stereocenters. The minimum absolute atomic E-state index is 0.0760. The van der Waals surface area contributed by atoms with Crippen molar-refractivity contribution in [3.63, 3.8) is 0 Å². The van der Waals surface area contributed by atoms with Crippen LogP contribution in [0.25, 0.3) is 0 Å². The lowest BCUT2D eigenvalue weighted by Gasteiger charge is -2.37. The van der Waals surface area contributed by atoms with Gasteiger partial charge in [-0.05, 0) is 59.9 Å². The van der Waals surface area contributed by atoms with Crippen LogP contribution in [0, 0.1) is 10.1 Å². The Morgan fingerprint density at radius 1 is 1.08 bits per heavy atom. The van der Waals surface area contributed by atoms with Gasteiger partial charge in [-0.15, -0.1) is 0 Å². The average molecular weight is 511 g/mol. The predicted octanol–water partition coefficient (Wildman–Crippen LogP) is 5.65. The van der Waals surface area contributed by atoms with Gasteiger partial charge in [0.15, 0.2) is 11.5 Å². The van der Waals surface area contributed by atoms with E-state index < -0.39 is 16.9 Å². The minimum atomic E-state index is -0.545. The van der Waals surface area contributed by atoms with Crippen molar-refractivity contribution in [1.82, 2.24) is 4.90 Å². The molecule has 0 aromatic heterocycles. The lowest BCUT2D eigenvalue weighted by molar-refractivity contribution is -0.384. The SMILES string of the molecule is CCc1ccc(OCC2c3cc(OC)c(OC)cc3CCN2C(=O)c2cc([N+](=O)[O-])ccc2Cl)cc1. The van der Waals surface area contributed by atoms with Gasteiger partial charge in [-0.1, -0.05) is 30.7 Å². The number of nitro benzene ring substituents is 1. The molecule has 0 bridgehead atoms. The van der Waals surface area contributed by atoms with Crippen molar-refractivity contribution >= 4 is 23.2 Å². The molecule has 3 aromatic rings. The highest BCUT2D eigenvalue weighted by molar-refractivity contribution is 6.34. The maximum Gasteiger partial charge on any atom is 0.270 e. The second kappa shape index (κ2) is 10.9. The van der Waals surface area contributed by atoms with E-state index in [1.54, 1.807) is 19.1 Å². The first-order chi connectivity index (χ1) is 17.4. The summed E-state index contributed by atoms with van der Waals surface area (Å²) in [7, 11) is 3.13. The van der Waals surface area contributed by atoms with E-state index in [4.69, 9.17) is 25.8 Å². The number of ether oxygens (including phenoxy) is 3. The fraction of sp³-hybridized carbons (Fsp3) is 0.296. The molecular formula is C27H27ClN2O6. The van der Waals surface area contributed by atoms with Crippen LogP contribution in [0.15, 0.2) is 54.6 Å². The summed E-state index contributed by atoms with van der Waals surface area (Å²) in [5.74, 6) is 1.42. The molecule has 9 heteroatoms. The molecule has 1 amide bonds. The number of hydrogen-bond acceptors (Lipinski definition) is 6. The number of aryl methyl sites for hydroxylation is 1. The number of rotatable bonds is 8. The predicted molar refractivity (Wildman–Crippen MR) is 136 cm³/mol. The van der Waals surface area contributed by atoms with Crippen LogP contribution >= 0.6 is 11.6 Å². The standard InChI is InChI=1S/C27H27ClN2O6/c1-4-17-5-8-20(9-6-17)36-16-24-21-15-26(35-3)25(34-2)13-18(21)11-12-29(24)27(31)22-14-19(30(32)33)7-10-23(22)28/h5-10,13-15,24H,4,11-12,16H2,1-3H3. The number of fused-ring (bicyclic) bond motifs is 1. The van der Waals surface area contributed by atoms with Crippen LogP contribution in [0.5, 0.6) is 17.2 Å². The highest BCUT2D eigenvalue weighted by Gasteiger charge is 2.34. The first-order valence-electron chi connectivity index (χ1n) is 11.6. The Bertz CT molecular complexity index is 1280. The van der Waals surface area contributed by atoms with Gasteiger partial charge in [0.05, 0.1) is 35.8 Å². The summed E-state index contributed by atoms with van der Waals surface area (Å²) in [4.78, 5) is 26.1. The molecule has 188 valence electrons. The zero-order chi connectivity index (χ0) is 25.8. The quantitative estimate of drug-likeness (QED) is 0.287.